The molecule has 0 bridgehead atoms. The molecule has 5 heteroatoms. The second kappa shape index (κ2) is 9.60. The van der Waals surface area contributed by atoms with Crippen molar-refractivity contribution in [2.45, 2.75) is 20.3 Å². The van der Waals surface area contributed by atoms with Crippen molar-refractivity contribution < 1.29 is 4.79 Å². The zero-order valence-corrected chi connectivity index (χ0v) is 21.5. The number of pyridine rings is 1. The second-order valence-electron chi connectivity index (χ2n) is 9.14. The fourth-order valence-corrected chi connectivity index (χ4v) is 5.54. The number of aryl methyl sites for hydroxylation is 2. The number of aromatic nitrogens is 2. The summed E-state index contributed by atoms with van der Waals surface area (Å²) in [5.74, 6) is -0.159. The average Bonchev–Trinajstić information content (AvgIpc) is 3.36. The van der Waals surface area contributed by atoms with Gasteiger partial charge in [0.25, 0.3) is 5.91 Å². The zero-order chi connectivity index (χ0) is 25.4. The van der Waals surface area contributed by atoms with Gasteiger partial charge in [0.15, 0.2) is 0 Å². The Kier molecular flexibility index (Phi) is 5.99. The number of nitrogens with zero attached hydrogens (tertiary/aromatic N) is 2. The molecule has 2 aromatic heterocycles. The summed E-state index contributed by atoms with van der Waals surface area (Å²) in [4.78, 5) is 23.1. The first-order valence-corrected chi connectivity index (χ1v) is 13.2. The molecule has 37 heavy (non-hydrogen) atoms. The number of thiazole rings is 1. The van der Waals surface area contributed by atoms with Gasteiger partial charge in [-0.1, -0.05) is 55.5 Å². The maximum Gasteiger partial charge on any atom is 0.256 e. The first kappa shape index (κ1) is 23.1. The van der Waals surface area contributed by atoms with Gasteiger partial charge in [-0.2, -0.15) is 0 Å². The van der Waals surface area contributed by atoms with E-state index in [1.165, 1.54) is 15.8 Å². The van der Waals surface area contributed by atoms with Crippen molar-refractivity contribution in [3.05, 3.63) is 114 Å². The van der Waals surface area contributed by atoms with E-state index in [0.717, 1.165) is 50.4 Å². The third-order valence-corrected chi connectivity index (χ3v) is 7.62. The Morgan fingerprint density at radius 3 is 2.35 bits per heavy atom. The molecule has 2 heterocycles. The van der Waals surface area contributed by atoms with E-state index in [1.54, 1.807) is 11.3 Å². The van der Waals surface area contributed by atoms with Crippen molar-refractivity contribution in [2.75, 3.05) is 5.32 Å². The van der Waals surface area contributed by atoms with Crippen LogP contribution < -0.4 is 5.32 Å². The van der Waals surface area contributed by atoms with Crippen LogP contribution in [0.5, 0.6) is 0 Å². The quantitative estimate of drug-likeness (QED) is 0.259. The first-order chi connectivity index (χ1) is 18.1. The van der Waals surface area contributed by atoms with Crippen molar-refractivity contribution in [1.82, 2.24) is 9.97 Å². The molecule has 4 nitrogen and oxygen atoms in total. The Labute approximate surface area is 219 Å². The van der Waals surface area contributed by atoms with E-state index in [2.05, 4.69) is 61.6 Å². The lowest BCUT2D eigenvalue weighted by molar-refractivity contribution is 0.102. The summed E-state index contributed by atoms with van der Waals surface area (Å²) in [7, 11) is 0. The van der Waals surface area contributed by atoms with Gasteiger partial charge in [-0.15, -0.1) is 11.3 Å². The highest BCUT2D eigenvalue weighted by Crippen LogP contribution is 2.32. The fourth-order valence-electron chi connectivity index (χ4n) is 4.47. The average molecular weight is 500 g/mol. The zero-order valence-electron chi connectivity index (χ0n) is 20.7. The normalized spacial score (nSPS) is 11.2. The minimum atomic E-state index is -0.159. The minimum absolute atomic E-state index is 0.159. The number of para-hydroxylation sites is 1. The van der Waals surface area contributed by atoms with Gasteiger partial charge in [0, 0.05) is 22.2 Å². The lowest BCUT2D eigenvalue weighted by atomic mass is 10.0. The number of carbonyl (C=O) groups is 1. The van der Waals surface area contributed by atoms with Crippen LogP contribution in [0.2, 0.25) is 0 Å². The SMILES string of the molecule is CCc1ccc(-c2cc(C(=O)Nc3ccc(-c4nc5ccc(C)cc5s4)cc3)c3ccccc3n2)cc1. The number of carbonyl (C=O) groups excluding carboxylic acids is 1. The smallest absolute Gasteiger partial charge is 0.256 e. The summed E-state index contributed by atoms with van der Waals surface area (Å²) in [6.45, 7) is 4.23. The number of nitrogens with one attached hydrogen (secondary N) is 1. The molecule has 0 saturated carbocycles. The monoisotopic (exact) mass is 499 g/mol. The molecular weight excluding hydrogens is 474 g/mol. The Hall–Kier alpha value is -4.35. The Bertz CT molecular complexity index is 1750. The van der Waals surface area contributed by atoms with E-state index in [9.17, 15) is 4.79 Å². The first-order valence-electron chi connectivity index (χ1n) is 12.4. The van der Waals surface area contributed by atoms with Crippen molar-refractivity contribution in [3.63, 3.8) is 0 Å². The number of benzene rings is 4. The van der Waals surface area contributed by atoms with Crippen LogP contribution >= 0.6 is 11.3 Å². The molecule has 0 unspecified atom stereocenters. The van der Waals surface area contributed by atoms with Crippen LogP contribution in [0.25, 0.3) is 42.9 Å². The fraction of sp³-hybridized carbons (Fsp3) is 0.0938. The van der Waals surface area contributed by atoms with Crippen LogP contribution in [0, 0.1) is 6.92 Å². The molecule has 4 aromatic carbocycles. The van der Waals surface area contributed by atoms with Crippen molar-refractivity contribution >= 4 is 44.1 Å². The highest BCUT2D eigenvalue weighted by molar-refractivity contribution is 7.21. The Morgan fingerprint density at radius 2 is 1.57 bits per heavy atom. The lowest BCUT2D eigenvalue weighted by Gasteiger charge is -2.11. The maximum atomic E-state index is 13.5. The van der Waals surface area contributed by atoms with E-state index in [1.807, 2.05) is 54.6 Å². The summed E-state index contributed by atoms with van der Waals surface area (Å²) in [6.07, 6.45) is 0.983. The van der Waals surface area contributed by atoms with Crippen LogP contribution in [0.3, 0.4) is 0 Å². The van der Waals surface area contributed by atoms with E-state index < -0.39 is 0 Å². The summed E-state index contributed by atoms with van der Waals surface area (Å²) in [5.41, 5.74) is 8.45. The largest absolute Gasteiger partial charge is 0.322 e. The molecule has 0 aliphatic carbocycles. The number of hydrogen-bond acceptors (Lipinski definition) is 4. The second-order valence-corrected chi connectivity index (χ2v) is 10.2. The molecule has 6 aromatic rings. The third-order valence-electron chi connectivity index (χ3n) is 6.55. The maximum absolute atomic E-state index is 13.5. The van der Waals surface area contributed by atoms with Crippen LogP contribution in [0.4, 0.5) is 5.69 Å². The number of hydrogen-bond donors (Lipinski definition) is 1. The molecule has 1 amide bonds. The summed E-state index contributed by atoms with van der Waals surface area (Å²) in [6, 6.07) is 32.2. The Balaban J connectivity index is 1.30. The van der Waals surface area contributed by atoms with Crippen LogP contribution in [0.15, 0.2) is 97.1 Å². The molecule has 180 valence electrons. The number of anilines is 1. The van der Waals surface area contributed by atoms with Gasteiger partial charge in [0.05, 0.1) is 27.0 Å². The molecular formula is C32H25N3OS. The van der Waals surface area contributed by atoms with Crippen LogP contribution in [-0.4, -0.2) is 15.9 Å². The molecule has 0 spiro atoms. The van der Waals surface area contributed by atoms with Gasteiger partial charge >= 0.3 is 0 Å². The highest BCUT2D eigenvalue weighted by Gasteiger charge is 2.15. The molecule has 0 aliphatic rings. The lowest BCUT2D eigenvalue weighted by Crippen LogP contribution is -2.13. The van der Waals surface area contributed by atoms with E-state index >= 15 is 0 Å². The minimum Gasteiger partial charge on any atom is -0.322 e. The van der Waals surface area contributed by atoms with Crippen molar-refractivity contribution in [3.8, 4) is 21.8 Å². The van der Waals surface area contributed by atoms with E-state index in [4.69, 9.17) is 9.97 Å². The van der Waals surface area contributed by atoms with Gasteiger partial charge < -0.3 is 5.32 Å². The number of fused-ring (bicyclic) bond motifs is 2. The predicted molar refractivity (Wildman–Crippen MR) is 154 cm³/mol. The molecule has 1 N–H and O–H groups in total. The van der Waals surface area contributed by atoms with Gasteiger partial charge in [-0.3, -0.25) is 4.79 Å². The van der Waals surface area contributed by atoms with Crippen molar-refractivity contribution in [1.29, 1.82) is 0 Å². The molecule has 0 fully saturated rings. The third kappa shape index (κ3) is 4.61. The van der Waals surface area contributed by atoms with Gasteiger partial charge in [0.2, 0.25) is 0 Å². The molecule has 0 radical (unpaired) electrons. The molecule has 6 rings (SSSR count). The topological polar surface area (TPSA) is 54.9 Å². The number of rotatable bonds is 5. The van der Waals surface area contributed by atoms with Gasteiger partial charge in [0.1, 0.15) is 5.01 Å². The van der Waals surface area contributed by atoms with E-state index in [-0.39, 0.29) is 5.91 Å². The van der Waals surface area contributed by atoms with Gasteiger partial charge in [-0.25, -0.2) is 9.97 Å². The van der Waals surface area contributed by atoms with Crippen LogP contribution in [0.1, 0.15) is 28.4 Å². The molecule has 0 atom stereocenters. The molecule has 0 aliphatic heterocycles. The van der Waals surface area contributed by atoms with E-state index in [0.29, 0.717) is 5.56 Å². The van der Waals surface area contributed by atoms with Crippen LogP contribution in [-0.2, 0) is 6.42 Å². The number of amides is 1. The van der Waals surface area contributed by atoms with Gasteiger partial charge in [-0.05, 0) is 73.0 Å². The highest BCUT2D eigenvalue weighted by atomic mass is 32.1. The summed E-state index contributed by atoms with van der Waals surface area (Å²) >= 11 is 1.68. The summed E-state index contributed by atoms with van der Waals surface area (Å²) < 4.78 is 1.18. The summed E-state index contributed by atoms with van der Waals surface area (Å²) in [5, 5.41) is 4.88. The predicted octanol–water partition coefficient (Wildman–Crippen LogP) is 8.30. The standard InChI is InChI=1S/C32H25N3OS/c1-3-21-9-11-22(12-10-21)29-19-26(25-6-4-5-7-27(25)34-29)31(36)33-24-15-13-23(14-16-24)32-35-28-17-8-20(2)18-30(28)37-32/h4-19H,3H2,1-2H3,(H,33,36). The van der Waals surface area contributed by atoms with Crippen molar-refractivity contribution in [2.24, 2.45) is 0 Å². The molecule has 0 saturated heterocycles. The Morgan fingerprint density at radius 1 is 0.811 bits per heavy atom.